The van der Waals surface area contributed by atoms with E-state index < -0.39 is 11.7 Å². The van der Waals surface area contributed by atoms with E-state index >= 15 is 0 Å². The SMILES string of the molecule is CCCOCC(O)C1(O)CCCC1. The highest BCUT2D eigenvalue weighted by Crippen LogP contribution is 2.32. The summed E-state index contributed by atoms with van der Waals surface area (Å²) in [7, 11) is 0. The molecule has 1 fully saturated rings. The molecule has 78 valence electrons. The van der Waals surface area contributed by atoms with Crippen molar-refractivity contribution >= 4 is 0 Å². The Hall–Kier alpha value is -0.120. The van der Waals surface area contributed by atoms with Crippen molar-refractivity contribution < 1.29 is 14.9 Å². The van der Waals surface area contributed by atoms with Gasteiger partial charge in [-0.1, -0.05) is 19.8 Å². The van der Waals surface area contributed by atoms with Crippen LogP contribution in [-0.4, -0.2) is 35.1 Å². The maximum Gasteiger partial charge on any atom is 0.106 e. The van der Waals surface area contributed by atoms with E-state index in [-0.39, 0.29) is 6.61 Å². The highest BCUT2D eigenvalue weighted by molar-refractivity contribution is 4.90. The highest BCUT2D eigenvalue weighted by Gasteiger charge is 2.38. The second-order valence-electron chi connectivity index (χ2n) is 3.90. The number of aliphatic hydroxyl groups is 2. The summed E-state index contributed by atoms with van der Waals surface area (Å²) in [6, 6.07) is 0. The van der Waals surface area contributed by atoms with Gasteiger partial charge >= 0.3 is 0 Å². The molecule has 1 unspecified atom stereocenters. The molecule has 0 aliphatic heterocycles. The maximum absolute atomic E-state index is 9.93. The van der Waals surface area contributed by atoms with Crippen LogP contribution in [0.2, 0.25) is 0 Å². The Balaban J connectivity index is 2.24. The van der Waals surface area contributed by atoms with Crippen molar-refractivity contribution in [2.24, 2.45) is 0 Å². The number of hydrogen-bond donors (Lipinski definition) is 2. The summed E-state index contributed by atoms with van der Waals surface area (Å²) < 4.78 is 5.21. The van der Waals surface area contributed by atoms with Gasteiger partial charge in [0.15, 0.2) is 0 Å². The number of rotatable bonds is 5. The number of ether oxygens (including phenoxy) is 1. The average molecular weight is 188 g/mol. The molecular formula is C10H20O3. The molecule has 1 atom stereocenters. The predicted octanol–water partition coefficient (Wildman–Crippen LogP) is 1.08. The summed E-state index contributed by atoms with van der Waals surface area (Å²) in [5, 5.41) is 19.6. The molecule has 0 amide bonds. The molecule has 0 aromatic heterocycles. The summed E-state index contributed by atoms with van der Waals surface area (Å²) in [5.41, 5.74) is -0.867. The Morgan fingerprint density at radius 1 is 1.38 bits per heavy atom. The van der Waals surface area contributed by atoms with Crippen molar-refractivity contribution in [3.05, 3.63) is 0 Å². The minimum absolute atomic E-state index is 0.268. The lowest BCUT2D eigenvalue weighted by atomic mass is 9.95. The molecule has 2 N–H and O–H groups in total. The lowest BCUT2D eigenvalue weighted by molar-refractivity contribution is -0.102. The Kier molecular flexibility index (Phi) is 4.16. The summed E-state index contributed by atoms with van der Waals surface area (Å²) in [6.07, 6.45) is 3.70. The fourth-order valence-electron chi connectivity index (χ4n) is 1.81. The molecule has 0 bridgehead atoms. The minimum Gasteiger partial charge on any atom is -0.388 e. The lowest BCUT2D eigenvalue weighted by Crippen LogP contribution is -2.42. The van der Waals surface area contributed by atoms with E-state index in [1.165, 1.54) is 0 Å². The molecule has 0 heterocycles. The molecule has 1 saturated carbocycles. The van der Waals surface area contributed by atoms with Gasteiger partial charge < -0.3 is 14.9 Å². The molecule has 0 aromatic rings. The Morgan fingerprint density at radius 3 is 2.54 bits per heavy atom. The van der Waals surface area contributed by atoms with Crippen LogP contribution in [-0.2, 0) is 4.74 Å². The molecule has 1 aliphatic carbocycles. The fourth-order valence-corrected chi connectivity index (χ4v) is 1.81. The third-order valence-corrected chi connectivity index (χ3v) is 2.71. The summed E-state index contributed by atoms with van der Waals surface area (Å²) in [4.78, 5) is 0. The molecule has 1 rings (SSSR count). The largest absolute Gasteiger partial charge is 0.388 e. The van der Waals surface area contributed by atoms with Crippen LogP contribution in [0.4, 0.5) is 0 Å². The third kappa shape index (κ3) is 2.93. The molecule has 13 heavy (non-hydrogen) atoms. The molecule has 3 heteroatoms. The van der Waals surface area contributed by atoms with Crippen molar-refractivity contribution in [1.29, 1.82) is 0 Å². The first kappa shape index (κ1) is 11.0. The van der Waals surface area contributed by atoms with Crippen LogP contribution in [0.15, 0.2) is 0 Å². The summed E-state index contributed by atoms with van der Waals surface area (Å²) >= 11 is 0. The third-order valence-electron chi connectivity index (χ3n) is 2.71. The van der Waals surface area contributed by atoms with E-state index in [4.69, 9.17) is 4.74 Å². The summed E-state index contributed by atoms with van der Waals surface area (Å²) in [5.74, 6) is 0. The van der Waals surface area contributed by atoms with Crippen molar-refractivity contribution in [1.82, 2.24) is 0 Å². The monoisotopic (exact) mass is 188 g/mol. The van der Waals surface area contributed by atoms with Gasteiger partial charge in [-0.3, -0.25) is 0 Å². The molecular weight excluding hydrogens is 168 g/mol. The van der Waals surface area contributed by atoms with Gasteiger partial charge in [-0.05, 0) is 19.3 Å². The Labute approximate surface area is 79.7 Å². The summed E-state index contributed by atoms with van der Waals surface area (Å²) in [6.45, 7) is 2.95. The van der Waals surface area contributed by atoms with Gasteiger partial charge in [0, 0.05) is 6.61 Å². The fraction of sp³-hybridized carbons (Fsp3) is 1.00. The zero-order chi connectivity index (χ0) is 9.73. The normalized spacial score (nSPS) is 23.3. The number of aliphatic hydroxyl groups excluding tert-OH is 1. The van der Waals surface area contributed by atoms with Gasteiger partial charge in [-0.2, -0.15) is 0 Å². The minimum atomic E-state index is -0.867. The smallest absolute Gasteiger partial charge is 0.106 e. The molecule has 3 nitrogen and oxygen atoms in total. The highest BCUT2D eigenvalue weighted by atomic mass is 16.5. The maximum atomic E-state index is 9.93. The van der Waals surface area contributed by atoms with Crippen LogP contribution < -0.4 is 0 Å². The van der Waals surface area contributed by atoms with Crippen LogP contribution in [0.25, 0.3) is 0 Å². The Morgan fingerprint density at radius 2 is 2.00 bits per heavy atom. The van der Waals surface area contributed by atoms with Gasteiger partial charge in [-0.25, -0.2) is 0 Å². The Bertz CT molecular complexity index is 141. The van der Waals surface area contributed by atoms with Gasteiger partial charge in [0.1, 0.15) is 6.10 Å². The quantitative estimate of drug-likeness (QED) is 0.635. The topological polar surface area (TPSA) is 49.7 Å². The van der Waals surface area contributed by atoms with Crippen LogP contribution in [0.5, 0.6) is 0 Å². The van der Waals surface area contributed by atoms with E-state index in [2.05, 4.69) is 0 Å². The van der Waals surface area contributed by atoms with Crippen molar-refractivity contribution in [2.75, 3.05) is 13.2 Å². The number of hydrogen-bond acceptors (Lipinski definition) is 3. The second-order valence-corrected chi connectivity index (χ2v) is 3.90. The van der Waals surface area contributed by atoms with Crippen LogP contribution >= 0.6 is 0 Å². The zero-order valence-corrected chi connectivity index (χ0v) is 8.33. The van der Waals surface area contributed by atoms with Gasteiger partial charge in [0.25, 0.3) is 0 Å². The van der Waals surface area contributed by atoms with E-state index in [1.807, 2.05) is 6.92 Å². The predicted molar refractivity (Wildman–Crippen MR) is 50.5 cm³/mol. The first-order valence-electron chi connectivity index (χ1n) is 5.17. The van der Waals surface area contributed by atoms with Gasteiger partial charge in [0.05, 0.1) is 12.2 Å². The van der Waals surface area contributed by atoms with Crippen molar-refractivity contribution in [3.8, 4) is 0 Å². The van der Waals surface area contributed by atoms with Crippen molar-refractivity contribution in [2.45, 2.75) is 50.7 Å². The van der Waals surface area contributed by atoms with Crippen LogP contribution in [0.1, 0.15) is 39.0 Å². The molecule has 0 radical (unpaired) electrons. The molecule has 0 spiro atoms. The lowest BCUT2D eigenvalue weighted by Gasteiger charge is -2.28. The molecule has 0 saturated heterocycles. The van der Waals surface area contributed by atoms with Crippen LogP contribution in [0, 0.1) is 0 Å². The van der Waals surface area contributed by atoms with E-state index in [1.54, 1.807) is 0 Å². The standard InChI is InChI=1S/C10H20O3/c1-2-7-13-8-9(11)10(12)5-3-4-6-10/h9,11-12H,2-8H2,1H3. The first-order chi connectivity index (χ1) is 6.19. The van der Waals surface area contributed by atoms with Crippen LogP contribution in [0.3, 0.4) is 0 Å². The van der Waals surface area contributed by atoms with E-state index in [0.717, 1.165) is 19.3 Å². The van der Waals surface area contributed by atoms with Gasteiger partial charge in [-0.15, -0.1) is 0 Å². The van der Waals surface area contributed by atoms with Gasteiger partial charge in [0.2, 0.25) is 0 Å². The van der Waals surface area contributed by atoms with Crippen molar-refractivity contribution in [3.63, 3.8) is 0 Å². The molecule has 1 aliphatic rings. The zero-order valence-electron chi connectivity index (χ0n) is 8.33. The van der Waals surface area contributed by atoms with E-state index in [9.17, 15) is 10.2 Å². The van der Waals surface area contributed by atoms with E-state index in [0.29, 0.717) is 19.4 Å². The second kappa shape index (κ2) is 4.94. The average Bonchev–Trinajstić information content (AvgIpc) is 2.54. The molecule has 0 aromatic carbocycles. The first-order valence-corrected chi connectivity index (χ1v) is 5.17.